The van der Waals surface area contributed by atoms with E-state index in [0.717, 1.165) is 44.1 Å². The molecule has 2 aliphatic rings. The molecule has 3 N–H and O–H groups in total. The first kappa shape index (κ1) is 15.9. The van der Waals surface area contributed by atoms with E-state index in [-0.39, 0.29) is 24.1 Å². The third-order valence-electron chi connectivity index (χ3n) is 5.77. The Labute approximate surface area is 132 Å². The topological polar surface area (TPSA) is 63.9 Å². The normalized spacial score (nSPS) is 34.1. The molecule has 1 aliphatic heterocycles. The number of hydrogen-bond acceptors (Lipinski definition) is 4. The fourth-order valence-corrected chi connectivity index (χ4v) is 4.55. The maximum atomic E-state index is 10.8. The standard InChI is InChI=1S/C18H27NO3/c20-13-15-8-4-10-18(15)11-5-9-16(19(18)22)12-17(21)14-6-2-1-3-7-14/h1-3,6-7,15-17,20-22H,4-5,8-13H2/t15-,16-,17-,18+/m1/s1. The van der Waals surface area contributed by atoms with Crippen LogP contribution >= 0.6 is 0 Å². The number of hydroxylamine groups is 2. The van der Waals surface area contributed by atoms with Crippen molar-refractivity contribution in [2.45, 2.75) is 62.6 Å². The molecule has 1 heterocycles. The summed E-state index contributed by atoms with van der Waals surface area (Å²) in [6, 6.07) is 9.62. The maximum Gasteiger partial charge on any atom is 0.0805 e. The summed E-state index contributed by atoms with van der Waals surface area (Å²) >= 11 is 0. The minimum Gasteiger partial charge on any atom is -0.396 e. The van der Waals surface area contributed by atoms with Crippen LogP contribution in [-0.2, 0) is 0 Å². The third kappa shape index (κ3) is 2.81. The van der Waals surface area contributed by atoms with Crippen LogP contribution < -0.4 is 0 Å². The molecule has 1 aromatic rings. The van der Waals surface area contributed by atoms with E-state index in [9.17, 15) is 15.4 Å². The van der Waals surface area contributed by atoms with Crippen molar-refractivity contribution in [3.63, 3.8) is 0 Å². The summed E-state index contributed by atoms with van der Waals surface area (Å²) in [4.78, 5) is 0. The van der Waals surface area contributed by atoms with E-state index in [1.54, 1.807) is 0 Å². The Hall–Kier alpha value is -0.940. The zero-order valence-electron chi connectivity index (χ0n) is 13.1. The van der Waals surface area contributed by atoms with Crippen molar-refractivity contribution in [1.82, 2.24) is 5.06 Å². The SMILES string of the molecule is OC[C@H]1CCC[C@]12CCC[C@H](C[C@@H](O)c1ccccc1)N2O. The molecule has 0 aromatic heterocycles. The van der Waals surface area contributed by atoms with Gasteiger partial charge in [0.1, 0.15) is 0 Å². The Morgan fingerprint density at radius 2 is 1.82 bits per heavy atom. The van der Waals surface area contributed by atoms with Gasteiger partial charge in [-0.1, -0.05) is 36.8 Å². The Balaban J connectivity index is 1.72. The van der Waals surface area contributed by atoms with E-state index in [1.165, 1.54) is 5.06 Å². The van der Waals surface area contributed by atoms with Gasteiger partial charge in [-0.15, -0.1) is 0 Å². The maximum absolute atomic E-state index is 10.8. The molecule has 22 heavy (non-hydrogen) atoms. The van der Waals surface area contributed by atoms with Crippen molar-refractivity contribution in [2.24, 2.45) is 5.92 Å². The van der Waals surface area contributed by atoms with Crippen LogP contribution in [0.25, 0.3) is 0 Å². The lowest BCUT2D eigenvalue weighted by molar-refractivity contribution is -0.241. The van der Waals surface area contributed by atoms with Crippen molar-refractivity contribution in [2.75, 3.05) is 6.61 Å². The lowest BCUT2D eigenvalue weighted by Gasteiger charge is -2.49. The van der Waals surface area contributed by atoms with Crippen molar-refractivity contribution in [3.05, 3.63) is 35.9 Å². The zero-order chi connectivity index (χ0) is 15.6. The van der Waals surface area contributed by atoms with E-state index < -0.39 is 6.10 Å². The summed E-state index contributed by atoms with van der Waals surface area (Å²) in [7, 11) is 0. The van der Waals surface area contributed by atoms with Gasteiger partial charge in [0, 0.05) is 18.6 Å². The van der Waals surface area contributed by atoms with Crippen LogP contribution in [0, 0.1) is 5.92 Å². The molecular weight excluding hydrogens is 278 g/mol. The van der Waals surface area contributed by atoms with E-state index in [4.69, 9.17) is 0 Å². The lowest BCUT2D eigenvalue weighted by Crippen LogP contribution is -2.57. The molecule has 0 bridgehead atoms. The van der Waals surface area contributed by atoms with Gasteiger partial charge in [0.25, 0.3) is 0 Å². The van der Waals surface area contributed by atoms with Crippen LogP contribution in [0.1, 0.15) is 56.6 Å². The lowest BCUT2D eigenvalue weighted by atomic mass is 9.77. The van der Waals surface area contributed by atoms with Gasteiger partial charge in [-0.05, 0) is 44.1 Å². The van der Waals surface area contributed by atoms with Gasteiger partial charge in [-0.2, -0.15) is 5.06 Å². The highest BCUT2D eigenvalue weighted by atomic mass is 16.5. The van der Waals surface area contributed by atoms with Crippen LogP contribution in [0.3, 0.4) is 0 Å². The monoisotopic (exact) mass is 305 g/mol. The van der Waals surface area contributed by atoms with Crippen molar-refractivity contribution in [3.8, 4) is 0 Å². The predicted octanol–water partition coefficient (Wildman–Crippen LogP) is 2.89. The molecule has 1 saturated heterocycles. The highest BCUT2D eigenvalue weighted by Crippen LogP contribution is 2.47. The Morgan fingerprint density at radius 1 is 1.14 bits per heavy atom. The molecule has 1 aromatic carbocycles. The van der Waals surface area contributed by atoms with Gasteiger partial charge >= 0.3 is 0 Å². The second kappa shape index (κ2) is 6.67. The molecule has 2 fully saturated rings. The third-order valence-corrected chi connectivity index (χ3v) is 5.77. The summed E-state index contributed by atoms with van der Waals surface area (Å²) in [6.07, 6.45) is 5.90. The average molecular weight is 305 g/mol. The molecule has 1 spiro atoms. The molecule has 1 aliphatic carbocycles. The Morgan fingerprint density at radius 3 is 2.50 bits per heavy atom. The van der Waals surface area contributed by atoms with Crippen LogP contribution in [0.15, 0.2) is 30.3 Å². The minimum absolute atomic E-state index is 0.0314. The molecule has 4 heteroatoms. The summed E-state index contributed by atoms with van der Waals surface area (Å²) in [5.41, 5.74) is 0.634. The molecule has 0 amide bonds. The highest BCUT2D eigenvalue weighted by Gasteiger charge is 2.50. The minimum atomic E-state index is -0.551. The number of aliphatic hydroxyl groups is 2. The van der Waals surface area contributed by atoms with Gasteiger partial charge in [0.15, 0.2) is 0 Å². The first-order valence-corrected chi connectivity index (χ1v) is 8.49. The second-order valence-corrected chi connectivity index (χ2v) is 6.93. The van der Waals surface area contributed by atoms with Crippen molar-refractivity contribution < 1.29 is 15.4 Å². The molecule has 4 nitrogen and oxygen atoms in total. The van der Waals surface area contributed by atoms with Gasteiger partial charge < -0.3 is 15.4 Å². The summed E-state index contributed by atoms with van der Waals surface area (Å²) in [5.74, 6) is 0.161. The Bertz CT molecular complexity index is 480. The summed E-state index contributed by atoms with van der Waals surface area (Å²) < 4.78 is 0. The molecule has 3 rings (SSSR count). The van der Waals surface area contributed by atoms with E-state index in [0.29, 0.717) is 6.42 Å². The van der Waals surface area contributed by atoms with Crippen LogP contribution in [0.4, 0.5) is 0 Å². The number of rotatable bonds is 4. The van der Waals surface area contributed by atoms with Gasteiger partial charge in [0.2, 0.25) is 0 Å². The number of benzene rings is 1. The number of nitrogens with zero attached hydrogens (tertiary/aromatic N) is 1. The predicted molar refractivity (Wildman–Crippen MR) is 84.4 cm³/mol. The molecule has 122 valence electrons. The van der Waals surface area contributed by atoms with E-state index in [2.05, 4.69) is 0 Å². The quantitative estimate of drug-likeness (QED) is 0.800. The highest BCUT2D eigenvalue weighted by molar-refractivity contribution is 5.17. The fraction of sp³-hybridized carbons (Fsp3) is 0.667. The van der Waals surface area contributed by atoms with Crippen LogP contribution in [0.2, 0.25) is 0 Å². The number of hydrogen-bond donors (Lipinski definition) is 3. The molecule has 4 atom stereocenters. The number of aliphatic hydroxyl groups excluding tert-OH is 2. The van der Waals surface area contributed by atoms with Gasteiger partial charge in [-0.25, -0.2) is 0 Å². The smallest absolute Gasteiger partial charge is 0.0805 e. The number of piperidine rings is 1. The summed E-state index contributed by atoms with van der Waals surface area (Å²) in [5, 5.41) is 32.5. The van der Waals surface area contributed by atoms with Crippen molar-refractivity contribution >= 4 is 0 Å². The largest absolute Gasteiger partial charge is 0.396 e. The molecule has 1 saturated carbocycles. The van der Waals surface area contributed by atoms with Gasteiger partial charge in [0.05, 0.1) is 11.6 Å². The fourth-order valence-electron chi connectivity index (χ4n) is 4.55. The summed E-state index contributed by atoms with van der Waals surface area (Å²) in [6.45, 7) is 0.144. The average Bonchev–Trinajstić information content (AvgIpc) is 2.96. The molecule has 0 unspecified atom stereocenters. The van der Waals surface area contributed by atoms with E-state index in [1.807, 2.05) is 30.3 Å². The first-order chi connectivity index (χ1) is 10.7. The van der Waals surface area contributed by atoms with Crippen LogP contribution in [-0.4, -0.2) is 38.7 Å². The molecule has 0 radical (unpaired) electrons. The van der Waals surface area contributed by atoms with Gasteiger partial charge in [-0.3, -0.25) is 0 Å². The van der Waals surface area contributed by atoms with Crippen LogP contribution in [0.5, 0.6) is 0 Å². The van der Waals surface area contributed by atoms with E-state index >= 15 is 0 Å². The second-order valence-electron chi connectivity index (χ2n) is 6.93. The molecular formula is C18H27NO3. The van der Waals surface area contributed by atoms with Crippen molar-refractivity contribution in [1.29, 1.82) is 0 Å². The first-order valence-electron chi connectivity index (χ1n) is 8.49. The zero-order valence-corrected chi connectivity index (χ0v) is 13.1. The Kier molecular flexibility index (Phi) is 4.83.